The first kappa shape index (κ1) is 21.8. The molecule has 0 spiro atoms. The first-order valence-electron chi connectivity index (χ1n) is 10.4. The van der Waals surface area contributed by atoms with Crippen LogP contribution in [0.5, 0.6) is 0 Å². The van der Waals surface area contributed by atoms with Gasteiger partial charge in [-0.25, -0.2) is 0 Å². The lowest BCUT2D eigenvalue weighted by molar-refractivity contribution is 0.0908. The summed E-state index contributed by atoms with van der Waals surface area (Å²) in [5, 5.41) is 0.531. The fraction of sp³-hybridized carbons (Fsp3) is 0.240. The first-order chi connectivity index (χ1) is 15.2. The first-order valence-corrected chi connectivity index (χ1v) is 10.7. The molecule has 6 nitrogen and oxygen atoms in total. The number of nitrogens with one attached hydrogen (secondary N) is 2. The number of benzene rings is 2. The van der Waals surface area contributed by atoms with Crippen molar-refractivity contribution in [3.63, 3.8) is 0 Å². The third-order valence-electron chi connectivity index (χ3n) is 5.67. The highest BCUT2D eigenvalue weighted by atomic mass is 35.5. The van der Waals surface area contributed by atoms with Crippen LogP contribution >= 0.6 is 11.6 Å². The molecule has 2 aromatic carbocycles. The second kappa shape index (κ2) is 8.28. The standard InChI is InChI=1S/C25H24ClN3O3/c1-15-6-4-5-7-20(15)27-28-23(31)19-12-18-21(13-25(2,3)14-22(18)30)29(24(19)32)17-10-8-16(26)9-11-17/h4-12,27H,13-14H2,1-3H3,(H,28,31). The minimum absolute atomic E-state index is 0.0834. The van der Waals surface area contributed by atoms with Crippen LogP contribution < -0.4 is 16.4 Å². The molecule has 0 atom stereocenters. The van der Waals surface area contributed by atoms with E-state index in [1.165, 1.54) is 10.6 Å². The predicted octanol–water partition coefficient (Wildman–Crippen LogP) is 4.71. The van der Waals surface area contributed by atoms with Crippen LogP contribution in [0, 0.1) is 12.3 Å². The Hall–Kier alpha value is -3.38. The number of hydrogen-bond donors (Lipinski definition) is 2. The summed E-state index contributed by atoms with van der Waals surface area (Å²) in [7, 11) is 0. The maximum atomic E-state index is 13.5. The van der Waals surface area contributed by atoms with Crippen molar-refractivity contribution in [3.05, 3.63) is 92.4 Å². The predicted molar refractivity (Wildman–Crippen MR) is 126 cm³/mol. The van der Waals surface area contributed by atoms with Crippen molar-refractivity contribution in [1.82, 2.24) is 9.99 Å². The van der Waals surface area contributed by atoms with E-state index in [1.54, 1.807) is 24.3 Å². The number of Topliss-reactive ketones (excluding diaryl/α,β-unsaturated/α-hetero) is 1. The third kappa shape index (κ3) is 4.18. The molecule has 0 radical (unpaired) electrons. The van der Waals surface area contributed by atoms with Crippen LogP contribution in [-0.2, 0) is 6.42 Å². The van der Waals surface area contributed by atoms with E-state index in [1.807, 2.05) is 45.0 Å². The molecule has 7 heteroatoms. The second-order valence-corrected chi connectivity index (χ2v) is 9.31. The number of carbonyl (C=O) groups is 2. The molecule has 164 valence electrons. The van der Waals surface area contributed by atoms with Gasteiger partial charge >= 0.3 is 0 Å². The molecular formula is C25H24ClN3O3. The summed E-state index contributed by atoms with van der Waals surface area (Å²) in [6.45, 7) is 5.90. The monoisotopic (exact) mass is 449 g/mol. The number of para-hydroxylation sites is 1. The molecule has 0 saturated carbocycles. The molecule has 0 bridgehead atoms. The zero-order valence-corrected chi connectivity index (χ0v) is 18.9. The van der Waals surface area contributed by atoms with Gasteiger partial charge in [-0.05, 0) is 60.7 Å². The molecule has 4 rings (SSSR count). The van der Waals surface area contributed by atoms with Crippen LogP contribution in [-0.4, -0.2) is 16.3 Å². The average molecular weight is 450 g/mol. The molecular weight excluding hydrogens is 426 g/mol. The van der Waals surface area contributed by atoms with E-state index >= 15 is 0 Å². The number of aryl methyl sites for hydroxylation is 1. The molecule has 1 heterocycles. The number of aromatic nitrogens is 1. The second-order valence-electron chi connectivity index (χ2n) is 8.87. The van der Waals surface area contributed by atoms with Gasteiger partial charge in [-0.3, -0.25) is 29.8 Å². The van der Waals surface area contributed by atoms with Gasteiger partial charge in [0.25, 0.3) is 11.5 Å². The van der Waals surface area contributed by atoms with Crippen molar-refractivity contribution < 1.29 is 9.59 Å². The number of rotatable bonds is 4. The summed E-state index contributed by atoms with van der Waals surface area (Å²) in [4.78, 5) is 39.4. The zero-order valence-electron chi connectivity index (χ0n) is 18.2. The number of halogens is 1. The Balaban J connectivity index is 1.81. The number of amides is 1. The number of hydrazine groups is 1. The number of carbonyl (C=O) groups excluding carboxylic acids is 2. The van der Waals surface area contributed by atoms with Gasteiger partial charge in [-0.1, -0.05) is 43.6 Å². The maximum Gasteiger partial charge on any atom is 0.275 e. The summed E-state index contributed by atoms with van der Waals surface area (Å²) in [5.74, 6) is -0.693. The summed E-state index contributed by atoms with van der Waals surface area (Å²) < 4.78 is 1.47. The van der Waals surface area contributed by atoms with Gasteiger partial charge in [0, 0.05) is 28.4 Å². The number of pyridine rings is 1. The number of hydrogen-bond acceptors (Lipinski definition) is 4. The van der Waals surface area contributed by atoms with Crippen molar-refractivity contribution >= 4 is 29.0 Å². The fourth-order valence-electron chi connectivity index (χ4n) is 4.04. The van der Waals surface area contributed by atoms with Crippen molar-refractivity contribution in [2.45, 2.75) is 33.6 Å². The Morgan fingerprint density at radius 3 is 2.41 bits per heavy atom. The molecule has 0 saturated heterocycles. The minimum Gasteiger partial charge on any atom is -0.298 e. The summed E-state index contributed by atoms with van der Waals surface area (Å²) in [5.41, 5.74) is 7.80. The molecule has 1 amide bonds. The van der Waals surface area contributed by atoms with Gasteiger partial charge in [0.05, 0.1) is 5.69 Å². The van der Waals surface area contributed by atoms with Crippen molar-refractivity contribution in [2.75, 3.05) is 5.43 Å². The summed E-state index contributed by atoms with van der Waals surface area (Å²) in [6.07, 6.45) is 0.886. The maximum absolute atomic E-state index is 13.5. The fourth-order valence-corrected chi connectivity index (χ4v) is 4.17. The Bertz CT molecular complexity index is 1280. The largest absolute Gasteiger partial charge is 0.298 e. The highest BCUT2D eigenvalue weighted by Gasteiger charge is 2.35. The smallest absolute Gasteiger partial charge is 0.275 e. The van der Waals surface area contributed by atoms with Crippen LogP contribution in [0.15, 0.2) is 59.4 Å². The average Bonchev–Trinajstić information content (AvgIpc) is 2.73. The molecule has 0 unspecified atom stereocenters. The van der Waals surface area contributed by atoms with E-state index in [-0.39, 0.29) is 16.8 Å². The molecule has 3 aromatic rings. The molecule has 2 N–H and O–H groups in total. The van der Waals surface area contributed by atoms with E-state index < -0.39 is 11.5 Å². The Morgan fingerprint density at radius 1 is 1.03 bits per heavy atom. The highest BCUT2D eigenvalue weighted by molar-refractivity contribution is 6.30. The lowest BCUT2D eigenvalue weighted by Gasteiger charge is -2.32. The third-order valence-corrected chi connectivity index (χ3v) is 5.93. The number of anilines is 1. The zero-order chi connectivity index (χ0) is 23.0. The Kier molecular flexibility index (Phi) is 5.65. The molecule has 32 heavy (non-hydrogen) atoms. The Labute approximate surface area is 191 Å². The van der Waals surface area contributed by atoms with E-state index in [2.05, 4.69) is 10.9 Å². The number of ketones is 1. The van der Waals surface area contributed by atoms with Crippen LogP contribution in [0.2, 0.25) is 5.02 Å². The topological polar surface area (TPSA) is 80.2 Å². The van der Waals surface area contributed by atoms with E-state index in [4.69, 9.17) is 11.6 Å². The lowest BCUT2D eigenvalue weighted by Crippen LogP contribution is -2.40. The number of nitrogens with zero attached hydrogens (tertiary/aromatic N) is 1. The summed E-state index contributed by atoms with van der Waals surface area (Å²) in [6, 6.07) is 15.7. The van der Waals surface area contributed by atoms with Crippen molar-refractivity contribution in [3.8, 4) is 5.69 Å². The van der Waals surface area contributed by atoms with E-state index in [0.29, 0.717) is 34.8 Å². The lowest BCUT2D eigenvalue weighted by atomic mass is 9.75. The molecule has 1 aromatic heterocycles. The molecule has 1 aliphatic rings. The van der Waals surface area contributed by atoms with Gasteiger partial charge in [-0.2, -0.15) is 0 Å². The SMILES string of the molecule is Cc1ccccc1NNC(=O)c1cc2c(n(-c3ccc(Cl)cc3)c1=O)CC(C)(C)CC2=O. The van der Waals surface area contributed by atoms with Crippen LogP contribution in [0.4, 0.5) is 5.69 Å². The number of fused-ring (bicyclic) bond motifs is 1. The Morgan fingerprint density at radius 2 is 1.72 bits per heavy atom. The molecule has 1 aliphatic carbocycles. The molecule has 0 fully saturated rings. The van der Waals surface area contributed by atoms with Gasteiger partial charge in [0.15, 0.2) is 5.78 Å². The van der Waals surface area contributed by atoms with E-state index in [0.717, 1.165) is 11.3 Å². The minimum atomic E-state index is -0.610. The summed E-state index contributed by atoms with van der Waals surface area (Å²) >= 11 is 6.03. The highest BCUT2D eigenvalue weighted by Crippen LogP contribution is 2.35. The molecule has 0 aliphatic heterocycles. The van der Waals surface area contributed by atoms with Gasteiger partial charge < -0.3 is 0 Å². The van der Waals surface area contributed by atoms with Crippen LogP contribution in [0.3, 0.4) is 0 Å². The van der Waals surface area contributed by atoms with Crippen molar-refractivity contribution in [1.29, 1.82) is 0 Å². The van der Waals surface area contributed by atoms with Gasteiger partial charge in [0.1, 0.15) is 5.56 Å². The van der Waals surface area contributed by atoms with E-state index in [9.17, 15) is 14.4 Å². The van der Waals surface area contributed by atoms with Crippen LogP contribution in [0.1, 0.15) is 52.2 Å². The normalized spacial score (nSPS) is 14.6. The quantitative estimate of drug-likeness (QED) is 0.565. The van der Waals surface area contributed by atoms with Crippen molar-refractivity contribution in [2.24, 2.45) is 5.41 Å². The van der Waals surface area contributed by atoms with Gasteiger partial charge in [0.2, 0.25) is 0 Å². The van der Waals surface area contributed by atoms with Crippen LogP contribution in [0.25, 0.3) is 5.69 Å². The van der Waals surface area contributed by atoms with Gasteiger partial charge in [-0.15, -0.1) is 0 Å².